The standard InChI is InChI=1S/C13H24N2O/c1-10-6-7-15(9-12(10)8-14)13(16)11-4-2-3-5-11/h10-12H,2-9,14H2,1H3. The number of nitrogens with zero attached hydrogens (tertiary/aromatic N) is 1. The minimum atomic E-state index is 0.326. The molecule has 2 atom stereocenters. The van der Waals surface area contributed by atoms with E-state index < -0.39 is 0 Å². The molecule has 2 fully saturated rings. The summed E-state index contributed by atoms with van der Waals surface area (Å²) < 4.78 is 0. The molecule has 1 aliphatic heterocycles. The summed E-state index contributed by atoms with van der Waals surface area (Å²) in [6, 6.07) is 0. The van der Waals surface area contributed by atoms with E-state index in [-0.39, 0.29) is 0 Å². The molecule has 0 aromatic rings. The van der Waals surface area contributed by atoms with Gasteiger partial charge in [0.1, 0.15) is 0 Å². The van der Waals surface area contributed by atoms with Gasteiger partial charge in [-0.15, -0.1) is 0 Å². The Hall–Kier alpha value is -0.570. The van der Waals surface area contributed by atoms with Gasteiger partial charge in [0.15, 0.2) is 0 Å². The fourth-order valence-corrected chi connectivity index (χ4v) is 3.09. The van der Waals surface area contributed by atoms with Crippen LogP contribution in [0.15, 0.2) is 0 Å². The maximum Gasteiger partial charge on any atom is 0.225 e. The van der Waals surface area contributed by atoms with Crippen molar-refractivity contribution in [1.82, 2.24) is 4.90 Å². The molecular weight excluding hydrogens is 200 g/mol. The van der Waals surface area contributed by atoms with E-state index >= 15 is 0 Å². The van der Waals surface area contributed by atoms with Gasteiger partial charge in [0.25, 0.3) is 0 Å². The van der Waals surface area contributed by atoms with E-state index in [4.69, 9.17) is 5.73 Å². The summed E-state index contributed by atoms with van der Waals surface area (Å²) in [7, 11) is 0. The van der Waals surface area contributed by atoms with Crippen molar-refractivity contribution in [2.24, 2.45) is 23.5 Å². The molecule has 92 valence electrons. The van der Waals surface area contributed by atoms with Gasteiger partial charge in [-0.25, -0.2) is 0 Å². The number of rotatable bonds is 2. The van der Waals surface area contributed by atoms with Gasteiger partial charge in [0.05, 0.1) is 0 Å². The second-order valence-electron chi connectivity index (χ2n) is 5.53. The SMILES string of the molecule is CC1CCN(C(=O)C2CCCC2)CC1CN. The first kappa shape index (κ1) is 11.9. The Bertz CT molecular complexity index is 248. The van der Waals surface area contributed by atoms with Crippen LogP contribution in [0, 0.1) is 17.8 Å². The summed E-state index contributed by atoms with van der Waals surface area (Å²) in [6.07, 6.45) is 5.82. The number of likely N-dealkylation sites (tertiary alicyclic amines) is 1. The average molecular weight is 224 g/mol. The van der Waals surface area contributed by atoms with Gasteiger partial charge in [0.2, 0.25) is 5.91 Å². The average Bonchev–Trinajstić information content (AvgIpc) is 2.82. The van der Waals surface area contributed by atoms with Gasteiger partial charge in [-0.2, -0.15) is 0 Å². The molecule has 1 amide bonds. The Labute approximate surface area is 98.4 Å². The van der Waals surface area contributed by atoms with Crippen LogP contribution >= 0.6 is 0 Å². The van der Waals surface area contributed by atoms with Crippen LogP contribution in [0.3, 0.4) is 0 Å². The van der Waals surface area contributed by atoms with Crippen molar-refractivity contribution >= 4 is 5.91 Å². The Morgan fingerprint density at radius 2 is 2.00 bits per heavy atom. The largest absolute Gasteiger partial charge is 0.342 e. The second kappa shape index (κ2) is 5.17. The Balaban J connectivity index is 1.91. The van der Waals surface area contributed by atoms with Crippen molar-refractivity contribution in [2.45, 2.75) is 39.0 Å². The molecule has 2 unspecified atom stereocenters. The predicted octanol–water partition coefficient (Wildman–Crippen LogP) is 1.62. The number of nitrogens with two attached hydrogens (primary N) is 1. The summed E-state index contributed by atoms with van der Waals surface area (Å²) in [6.45, 7) is 4.82. The summed E-state index contributed by atoms with van der Waals surface area (Å²) >= 11 is 0. The second-order valence-corrected chi connectivity index (χ2v) is 5.53. The van der Waals surface area contributed by atoms with E-state index in [0.717, 1.165) is 38.9 Å². The maximum atomic E-state index is 12.3. The quantitative estimate of drug-likeness (QED) is 0.774. The van der Waals surface area contributed by atoms with Crippen LogP contribution in [0.2, 0.25) is 0 Å². The number of piperidine rings is 1. The zero-order valence-corrected chi connectivity index (χ0v) is 10.3. The van der Waals surface area contributed by atoms with Gasteiger partial charge in [-0.1, -0.05) is 19.8 Å². The molecule has 2 rings (SSSR count). The van der Waals surface area contributed by atoms with Crippen molar-refractivity contribution in [3.8, 4) is 0 Å². The van der Waals surface area contributed by atoms with Crippen LogP contribution in [0.4, 0.5) is 0 Å². The number of amides is 1. The van der Waals surface area contributed by atoms with Crippen LogP contribution < -0.4 is 5.73 Å². The highest BCUT2D eigenvalue weighted by molar-refractivity contribution is 5.79. The third-order valence-corrected chi connectivity index (χ3v) is 4.43. The highest BCUT2D eigenvalue weighted by atomic mass is 16.2. The lowest BCUT2D eigenvalue weighted by atomic mass is 9.86. The monoisotopic (exact) mass is 224 g/mol. The lowest BCUT2D eigenvalue weighted by Gasteiger charge is -2.37. The van der Waals surface area contributed by atoms with Crippen molar-refractivity contribution in [3.05, 3.63) is 0 Å². The first-order valence-corrected chi connectivity index (χ1v) is 6.71. The first-order valence-electron chi connectivity index (χ1n) is 6.71. The molecule has 3 heteroatoms. The van der Waals surface area contributed by atoms with E-state index in [2.05, 4.69) is 11.8 Å². The smallest absolute Gasteiger partial charge is 0.225 e. The molecule has 1 saturated carbocycles. The summed E-state index contributed by atoms with van der Waals surface area (Å²) in [5.41, 5.74) is 5.77. The lowest BCUT2D eigenvalue weighted by molar-refractivity contribution is -0.137. The molecule has 16 heavy (non-hydrogen) atoms. The van der Waals surface area contributed by atoms with Crippen LogP contribution in [0.25, 0.3) is 0 Å². The molecule has 0 bridgehead atoms. The highest BCUT2D eigenvalue weighted by Gasteiger charge is 2.32. The van der Waals surface area contributed by atoms with Crippen molar-refractivity contribution in [2.75, 3.05) is 19.6 Å². The normalized spacial score (nSPS) is 32.0. The zero-order valence-electron chi connectivity index (χ0n) is 10.3. The van der Waals surface area contributed by atoms with Gasteiger partial charge in [-0.3, -0.25) is 4.79 Å². The fourth-order valence-electron chi connectivity index (χ4n) is 3.09. The zero-order chi connectivity index (χ0) is 11.5. The molecule has 2 N–H and O–H groups in total. The number of carbonyl (C=O) groups excluding carboxylic acids is 1. The van der Waals surface area contributed by atoms with E-state index in [1.54, 1.807) is 0 Å². The lowest BCUT2D eigenvalue weighted by Crippen LogP contribution is -2.47. The minimum Gasteiger partial charge on any atom is -0.342 e. The predicted molar refractivity (Wildman–Crippen MR) is 64.9 cm³/mol. The summed E-state index contributed by atoms with van der Waals surface area (Å²) in [5, 5.41) is 0. The first-order chi connectivity index (χ1) is 7.72. The number of carbonyl (C=O) groups is 1. The van der Waals surface area contributed by atoms with Gasteiger partial charge in [-0.05, 0) is 37.6 Å². The topological polar surface area (TPSA) is 46.3 Å². The fraction of sp³-hybridized carbons (Fsp3) is 0.923. The molecule has 2 aliphatic rings. The molecular formula is C13H24N2O. The van der Waals surface area contributed by atoms with E-state index in [1.807, 2.05) is 0 Å². The summed E-state index contributed by atoms with van der Waals surface area (Å²) in [5.74, 6) is 1.92. The minimum absolute atomic E-state index is 0.326. The third kappa shape index (κ3) is 2.40. The molecule has 1 saturated heterocycles. The molecule has 1 aliphatic carbocycles. The van der Waals surface area contributed by atoms with Crippen molar-refractivity contribution in [1.29, 1.82) is 0 Å². The molecule has 1 heterocycles. The van der Waals surface area contributed by atoms with Gasteiger partial charge in [0, 0.05) is 19.0 Å². The highest BCUT2D eigenvalue weighted by Crippen LogP contribution is 2.29. The molecule has 3 nitrogen and oxygen atoms in total. The molecule has 0 aromatic heterocycles. The van der Waals surface area contributed by atoms with Crippen molar-refractivity contribution < 1.29 is 4.79 Å². The molecule has 0 aromatic carbocycles. The van der Waals surface area contributed by atoms with Crippen LogP contribution in [0.1, 0.15) is 39.0 Å². The Morgan fingerprint density at radius 3 is 2.62 bits per heavy atom. The third-order valence-electron chi connectivity index (χ3n) is 4.43. The molecule has 0 spiro atoms. The summed E-state index contributed by atoms with van der Waals surface area (Å²) in [4.78, 5) is 14.3. The van der Waals surface area contributed by atoms with E-state index in [1.165, 1.54) is 12.8 Å². The number of hydrogen-bond donors (Lipinski definition) is 1. The Morgan fingerprint density at radius 1 is 1.31 bits per heavy atom. The number of hydrogen-bond acceptors (Lipinski definition) is 2. The van der Waals surface area contributed by atoms with E-state index in [9.17, 15) is 4.79 Å². The van der Waals surface area contributed by atoms with Crippen LogP contribution in [-0.2, 0) is 4.79 Å². The van der Waals surface area contributed by atoms with E-state index in [0.29, 0.717) is 23.7 Å². The molecule has 0 radical (unpaired) electrons. The van der Waals surface area contributed by atoms with Crippen molar-refractivity contribution in [3.63, 3.8) is 0 Å². The Kier molecular flexibility index (Phi) is 3.85. The van der Waals surface area contributed by atoms with Crippen LogP contribution in [-0.4, -0.2) is 30.4 Å². The van der Waals surface area contributed by atoms with Gasteiger partial charge < -0.3 is 10.6 Å². The van der Waals surface area contributed by atoms with Gasteiger partial charge >= 0.3 is 0 Å². The maximum absolute atomic E-state index is 12.3. The van der Waals surface area contributed by atoms with Crippen LogP contribution in [0.5, 0.6) is 0 Å².